The molecule has 3 aliphatic heterocycles. The zero-order valence-corrected chi connectivity index (χ0v) is 16.0. The second-order valence-corrected chi connectivity index (χ2v) is 7.62. The highest BCUT2D eigenvalue weighted by molar-refractivity contribution is 5.69. The Kier molecular flexibility index (Phi) is 4.73. The maximum Gasteiger partial charge on any atom is 0.269 e. The number of anilines is 1. The van der Waals surface area contributed by atoms with Crippen LogP contribution in [0.5, 0.6) is 0 Å². The summed E-state index contributed by atoms with van der Waals surface area (Å²) in [5.74, 6) is 1.50. The summed E-state index contributed by atoms with van der Waals surface area (Å²) in [6.45, 7) is 2.71. The topological polar surface area (TPSA) is 90.6 Å². The Balaban J connectivity index is 1.58. The van der Waals surface area contributed by atoms with E-state index < -0.39 is 4.92 Å². The van der Waals surface area contributed by atoms with E-state index in [2.05, 4.69) is 17.0 Å². The lowest BCUT2D eigenvalue weighted by Crippen LogP contribution is -2.46. The molecule has 1 aromatic carbocycles. The van der Waals surface area contributed by atoms with Crippen molar-refractivity contribution in [1.29, 1.82) is 0 Å². The fourth-order valence-electron chi connectivity index (χ4n) is 4.35. The Bertz CT molecular complexity index is 944. The molecule has 2 fully saturated rings. The molecule has 29 heavy (non-hydrogen) atoms. The maximum atomic E-state index is 11.0. The van der Waals surface area contributed by atoms with Gasteiger partial charge in [-0.1, -0.05) is 6.08 Å². The van der Waals surface area contributed by atoms with Crippen molar-refractivity contribution in [1.82, 2.24) is 9.97 Å². The summed E-state index contributed by atoms with van der Waals surface area (Å²) >= 11 is 0. The summed E-state index contributed by atoms with van der Waals surface area (Å²) < 4.78 is 11.2. The van der Waals surface area contributed by atoms with Crippen LogP contribution in [0.3, 0.4) is 0 Å². The van der Waals surface area contributed by atoms with E-state index in [9.17, 15) is 10.1 Å². The number of hydrogen-bond acceptors (Lipinski definition) is 7. The van der Waals surface area contributed by atoms with Crippen LogP contribution in [0, 0.1) is 10.1 Å². The number of hydrogen-bond donors (Lipinski definition) is 0. The highest BCUT2D eigenvalue weighted by Crippen LogP contribution is 2.35. The Morgan fingerprint density at radius 1 is 1.07 bits per heavy atom. The minimum Gasteiger partial charge on any atom is -0.377 e. The molecule has 1 aromatic heterocycles. The van der Waals surface area contributed by atoms with Crippen molar-refractivity contribution in [2.75, 3.05) is 31.3 Å². The molecule has 0 radical (unpaired) electrons. The highest BCUT2D eigenvalue weighted by atomic mass is 16.6. The van der Waals surface area contributed by atoms with Gasteiger partial charge in [0.25, 0.3) is 5.69 Å². The zero-order chi connectivity index (χ0) is 19.8. The average molecular weight is 394 g/mol. The van der Waals surface area contributed by atoms with Gasteiger partial charge in [0.15, 0.2) is 5.82 Å². The third kappa shape index (κ3) is 3.49. The van der Waals surface area contributed by atoms with Gasteiger partial charge in [-0.2, -0.15) is 0 Å². The molecule has 8 nitrogen and oxygen atoms in total. The van der Waals surface area contributed by atoms with Crippen LogP contribution in [-0.2, 0) is 9.47 Å². The second kappa shape index (κ2) is 7.53. The lowest BCUT2D eigenvalue weighted by molar-refractivity contribution is -0.384. The molecule has 0 spiro atoms. The molecule has 0 aliphatic carbocycles. The number of rotatable bonds is 4. The van der Waals surface area contributed by atoms with Gasteiger partial charge in [-0.3, -0.25) is 10.1 Å². The first kappa shape index (κ1) is 18.2. The molecule has 2 atom stereocenters. The predicted octanol–water partition coefficient (Wildman–Crippen LogP) is 3.22. The van der Waals surface area contributed by atoms with E-state index in [1.165, 1.54) is 12.1 Å². The molecule has 2 aromatic rings. The van der Waals surface area contributed by atoms with Crippen molar-refractivity contribution in [3.05, 3.63) is 52.2 Å². The van der Waals surface area contributed by atoms with E-state index in [1.54, 1.807) is 12.1 Å². The largest absolute Gasteiger partial charge is 0.377 e. The number of nitro groups is 1. The number of benzene rings is 1. The number of non-ortho nitro benzene ring substituents is 1. The molecule has 2 unspecified atom stereocenters. The minimum absolute atomic E-state index is 0.0588. The number of morpholine rings is 1. The number of aromatic nitrogens is 2. The zero-order valence-electron chi connectivity index (χ0n) is 16.0. The predicted molar refractivity (Wildman–Crippen MR) is 108 cm³/mol. The van der Waals surface area contributed by atoms with Gasteiger partial charge in [0, 0.05) is 23.8 Å². The molecule has 8 heteroatoms. The third-order valence-corrected chi connectivity index (χ3v) is 5.85. The first-order valence-electron chi connectivity index (χ1n) is 9.96. The first-order chi connectivity index (χ1) is 14.2. The van der Waals surface area contributed by atoms with Gasteiger partial charge >= 0.3 is 0 Å². The molecular weight excluding hydrogens is 372 g/mol. The number of nitrogens with zero attached hydrogens (tertiary/aromatic N) is 4. The number of nitro benzene ring substituents is 1. The van der Waals surface area contributed by atoms with E-state index in [0.717, 1.165) is 55.1 Å². The molecule has 3 aliphatic rings. The molecule has 2 saturated heterocycles. The Morgan fingerprint density at radius 2 is 1.83 bits per heavy atom. The van der Waals surface area contributed by atoms with Crippen molar-refractivity contribution in [2.45, 2.75) is 31.3 Å². The van der Waals surface area contributed by atoms with Gasteiger partial charge in [0.2, 0.25) is 0 Å². The first-order valence-corrected chi connectivity index (χ1v) is 9.96. The summed E-state index contributed by atoms with van der Waals surface area (Å²) in [5, 5.41) is 11.0. The third-order valence-electron chi connectivity index (χ3n) is 5.85. The molecule has 0 amide bonds. The van der Waals surface area contributed by atoms with Crippen molar-refractivity contribution in [3.63, 3.8) is 0 Å². The van der Waals surface area contributed by atoms with E-state index in [-0.39, 0.29) is 5.69 Å². The van der Waals surface area contributed by atoms with Crippen LogP contribution in [0.1, 0.15) is 25.0 Å². The lowest BCUT2D eigenvalue weighted by atomic mass is 10.1. The summed E-state index contributed by atoms with van der Waals surface area (Å²) in [7, 11) is 0. The fourth-order valence-corrected chi connectivity index (χ4v) is 4.35. The molecule has 0 saturated carbocycles. The molecular formula is C21H22N4O4. The highest BCUT2D eigenvalue weighted by Gasteiger charge is 2.38. The van der Waals surface area contributed by atoms with Gasteiger partial charge < -0.3 is 14.4 Å². The maximum absolute atomic E-state index is 11.0. The Labute approximate surface area is 168 Å². The van der Waals surface area contributed by atoms with Crippen molar-refractivity contribution in [3.8, 4) is 11.4 Å². The monoisotopic (exact) mass is 394 g/mol. The molecule has 0 N–H and O–H groups in total. The van der Waals surface area contributed by atoms with E-state index in [0.29, 0.717) is 31.1 Å². The number of fused-ring (bicyclic) bond motifs is 2. The summed E-state index contributed by atoms with van der Waals surface area (Å²) in [6, 6.07) is 9.17. The normalized spacial score (nSPS) is 23.7. The van der Waals surface area contributed by atoms with Crippen LogP contribution >= 0.6 is 0 Å². The van der Waals surface area contributed by atoms with Crippen LogP contribution in [0.25, 0.3) is 17.0 Å². The van der Waals surface area contributed by atoms with Crippen LogP contribution in [0.4, 0.5) is 11.5 Å². The minimum atomic E-state index is -0.398. The molecule has 2 bridgehead atoms. The van der Waals surface area contributed by atoms with E-state index >= 15 is 0 Å². The summed E-state index contributed by atoms with van der Waals surface area (Å²) in [6.07, 6.45) is 5.09. The van der Waals surface area contributed by atoms with Gasteiger partial charge in [0.1, 0.15) is 5.82 Å². The molecule has 5 rings (SSSR count). The van der Waals surface area contributed by atoms with Gasteiger partial charge in [-0.25, -0.2) is 9.97 Å². The summed E-state index contributed by atoms with van der Waals surface area (Å²) in [5.41, 5.74) is 2.89. The number of ether oxygens (including phenoxy) is 2. The molecule has 150 valence electrons. The average Bonchev–Trinajstić information content (AvgIpc) is 3.02. The van der Waals surface area contributed by atoms with Gasteiger partial charge in [-0.15, -0.1) is 0 Å². The Hall–Kier alpha value is -2.84. The van der Waals surface area contributed by atoms with Gasteiger partial charge in [-0.05, 0) is 37.0 Å². The summed E-state index contributed by atoms with van der Waals surface area (Å²) in [4.78, 5) is 22.6. The van der Waals surface area contributed by atoms with Crippen LogP contribution < -0.4 is 4.90 Å². The van der Waals surface area contributed by atoms with E-state index in [1.807, 2.05) is 0 Å². The SMILES string of the molecule is O=[N+]([O-])c1ccc(-c2nc(C3=CCOCC3)cc(N3C4CCC3COC4)n2)cc1. The fraction of sp³-hybridized carbons (Fsp3) is 0.429. The van der Waals surface area contributed by atoms with E-state index in [4.69, 9.17) is 19.4 Å². The lowest BCUT2D eigenvalue weighted by Gasteiger charge is -2.36. The van der Waals surface area contributed by atoms with Gasteiger partial charge in [0.05, 0.1) is 49.1 Å². The quantitative estimate of drug-likeness (QED) is 0.581. The van der Waals surface area contributed by atoms with Crippen molar-refractivity contribution < 1.29 is 14.4 Å². The van der Waals surface area contributed by atoms with Crippen LogP contribution in [0.2, 0.25) is 0 Å². The smallest absolute Gasteiger partial charge is 0.269 e. The van der Waals surface area contributed by atoms with Crippen LogP contribution in [-0.4, -0.2) is 53.4 Å². The van der Waals surface area contributed by atoms with Crippen LogP contribution in [0.15, 0.2) is 36.4 Å². The molecule has 4 heterocycles. The van der Waals surface area contributed by atoms with Crippen molar-refractivity contribution in [2.24, 2.45) is 0 Å². The second-order valence-electron chi connectivity index (χ2n) is 7.62. The standard InChI is InChI=1S/C21H22N4O4/c26-25(27)16-3-1-15(2-4-16)21-22-19(14-7-9-28-10-8-14)11-20(23-21)24-17-5-6-18(24)13-29-12-17/h1-4,7,11,17-18H,5-6,8-10,12-13H2. The van der Waals surface area contributed by atoms with Crippen molar-refractivity contribution >= 4 is 17.1 Å². The Morgan fingerprint density at radius 3 is 2.48 bits per heavy atom.